The zero-order chi connectivity index (χ0) is 14.8. The number of likely N-dealkylation sites (tertiary alicyclic amines) is 1. The monoisotopic (exact) mass is 282 g/mol. The van der Waals surface area contributed by atoms with Crippen LogP contribution in [-0.2, 0) is 0 Å². The number of hydrogen-bond donors (Lipinski definition) is 2. The molecule has 1 atom stereocenters. The maximum Gasteiger partial charge on any atom is 0.190 e. The minimum absolute atomic E-state index is 0.757. The third-order valence-corrected chi connectivity index (χ3v) is 3.83. The Bertz CT molecular complexity index is 276. The van der Waals surface area contributed by atoms with Crippen molar-refractivity contribution < 1.29 is 0 Å². The van der Waals surface area contributed by atoms with Crippen molar-refractivity contribution in [1.82, 2.24) is 15.5 Å². The summed E-state index contributed by atoms with van der Waals surface area (Å²) in [6.45, 7) is 12.6. The number of nitrogens with zero attached hydrogens (tertiary/aromatic N) is 2. The Hall–Kier alpha value is -0.770. The van der Waals surface area contributed by atoms with Gasteiger partial charge in [0.05, 0.1) is 0 Å². The summed E-state index contributed by atoms with van der Waals surface area (Å²) in [6.07, 6.45) is 5.09. The summed E-state index contributed by atoms with van der Waals surface area (Å²) < 4.78 is 0. The van der Waals surface area contributed by atoms with Crippen molar-refractivity contribution in [1.29, 1.82) is 0 Å². The van der Waals surface area contributed by atoms with Crippen molar-refractivity contribution in [2.24, 2.45) is 16.8 Å². The van der Waals surface area contributed by atoms with E-state index in [1.54, 1.807) is 0 Å². The quantitative estimate of drug-likeness (QED) is 0.428. The molecule has 4 nitrogen and oxygen atoms in total. The van der Waals surface area contributed by atoms with Crippen LogP contribution < -0.4 is 10.6 Å². The summed E-state index contributed by atoms with van der Waals surface area (Å²) in [4.78, 5) is 6.91. The van der Waals surface area contributed by atoms with Gasteiger partial charge >= 0.3 is 0 Å². The van der Waals surface area contributed by atoms with E-state index in [0.29, 0.717) is 0 Å². The number of hydrogen-bond acceptors (Lipinski definition) is 2. The van der Waals surface area contributed by atoms with E-state index in [1.807, 2.05) is 7.05 Å². The summed E-state index contributed by atoms with van der Waals surface area (Å²) in [7, 11) is 1.85. The maximum atomic E-state index is 4.29. The van der Waals surface area contributed by atoms with Gasteiger partial charge in [-0.1, -0.05) is 27.2 Å². The molecule has 1 aliphatic heterocycles. The second-order valence-corrected chi connectivity index (χ2v) is 6.40. The van der Waals surface area contributed by atoms with Crippen molar-refractivity contribution in [2.45, 2.75) is 46.5 Å². The molecule has 0 aromatic carbocycles. The van der Waals surface area contributed by atoms with Gasteiger partial charge in [-0.25, -0.2) is 0 Å². The van der Waals surface area contributed by atoms with E-state index in [-0.39, 0.29) is 0 Å². The highest BCUT2D eigenvalue weighted by molar-refractivity contribution is 5.79. The first-order valence-electron chi connectivity index (χ1n) is 8.32. The topological polar surface area (TPSA) is 39.7 Å². The van der Waals surface area contributed by atoms with Gasteiger partial charge in [0.2, 0.25) is 0 Å². The van der Waals surface area contributed by atoms with Gasteiger partial charge in [0.25, 0.3) is 0 Å². The largest absolute Gasteiger partial charge is 0.356 e. The Labute approximate surface area is 125 Å². The molecule has 118 valence electrons. The summed E-state index contributed by atoms with van der Waals surface area (Å²) in [6, 6.07) is 0. The van der Waals surface area contributed by atoms with Crippen molar-refractivity contribution in [3.63, 3.8) is 0 Å². The molecule has 20 heavy (non-hydrogen) atoms. The lowest BCUT2D eigenvalue weighted by Crippen LogP contribution is -2.45. The molecule has 4 heteroatoms. The zero-order valence-corrected chi connectivity index (χ0v) is 13.9. The summed E-state index contributed by atoms with van der Waals surface area (Å²) in [5.74, 6) is 2.48. The molecule has 1 rings (SSSR count). The highest BCUT2D eigenvalue weighted by atomic mass is 15.2. The molecule has 1 fully saturated rings. The molecule has 0 amide bonds. The Morgan fingerprint density at radius 2 is 2.15 bits per heavy atom. The highest BCUT2D eigenvalue weighted by Crippen LogP contribution is 2.16. The van der Waals surface area contributed by atoms with Crippen molar-refractivity contribution in [2.75, 3.05) is 39.8 Å². The van der Waals surface area contributed by atoms with Gasteiger partial charge in [0.15, 0.2) is 5.96 Å². The first-order valence-corrected chi connectivity index (χ1v) is 8.32. The first kappa shape index (κ1) is 17.3. The van der Waals surface area contributed by atoms with Crippen molar-refractivity contribution in [3.05, 3.63) is 0 Å². The Kier molecular flexibility index (Phi) is 8.67. The van der Waals surface area contributed by atoms with Crippen LogP contribution >= 0.6 is 0 Å². The van der Waals surface area contributed by atoms with E-state index < -0.39 is 0 Å². The van der Waals surface area contributed by atoms with Crippen LogP contribution in [0.2, 0.25) is 0 Å². The molecule has 1 aliphatic rings. The average molecular weight is 282 g/mol. The van der Waals surface area contributed by atoms with Crippen molar-refractivity contribution in [3.8, 4) is 0 Å². The van der Waals surface area contributed by atoms with Crippen LogP contribution in [0.4, 0.5) is 0 Å². The van der Waals surface area contributed by atoms with E-state index >= 15 is 0 Å². The van der Waals surface area contributed by atoms with Gasteiger partial charge in [-0.2, -0.15) is 0 Å². The van der Waals surface area contributed by atoms with Gasteiger partial charge in [0.1, 0.15) is 0 Å². The van der Waals surface area contributed by atoms with Crippen molar-refractivity contribution >= 4 is 5.96 Å². The Balaban J connectivity index is 2.25. The fraction of sp³-hybridized carbons (Fsp3) is 0.938. The second-order valence-electron chi connectivity index (χ2n) is 6.40. The van der Waals surface area contributed by atoms with Crippen LogP contribution in [0.5, 0.6) is 0 Å². The van der Waals surface area contributed by atoms with E-state index in [0.717, 1.165) is 30.9 Å². The lowest BCUT2D eigenvalue weighted by Gasteiger charge is -2.34. The fourth-order valence-corrected chi connectivity index (χ4v) is 2.85. The number of unbranched alkanes of at least 4 members (excludes halogenated alkanes) is 1. The lowest BCUT2D eigenvalue weighted by atomic mass is 9.97. The summed E-state index contributed by atoms with van der Waals surface area (Å²) in [5, 5.41) is 6.86. The summed E-state index contributed by atoms with van der Waals surface area (Å²) >= 11 is 0. The third-order valence-electron chi connectivity index (χ3n) is 3.83. The van der Waals surface area contributed by atoms with Crippen LogP contribution in [0.3, 0.4) is 0 Å². The SMILES string of the molecule is CCCCNC(=NC)NCC1CCCN(CC(C)C)C1. The molecule has 0 bridgehead atoms. The van der Waals surface area contributed by atoms with E-state index in [2.05, 4.69) is 41.3 Å². The van der Waals surface area contributed by atoms with Gasteiger partial charge in [-0.15, -0.1) is 0 Å². The fourth-order valence-electron chi connectivity index (χ4n) is 2.85. The van der Waals surface area contributed by atoms with E-state index in [1.165, 1.54) is 45.3 Å². The Morgan fingerprint density at radius 3 is 2.80 bits per heavy atom. The number of piperidine rings is 1. The normalized spacial score (nSPS) is 21.2. The molecule has 0 radical (unpaired) electrons. The predicted octanol–water partition coefficient (Wildman–Crippen LogP) is 2.32. The van der Waals surface area contributed by atoms with Gasteiger partial charge in [-0.3, -0.25) is 4.99 Å². The average Bonchev–Trinajstić information content (AvgIpc) is 2.42. The standard InChI is InChI=1S/C16H34N4/c1-5-6-9-18-16(17-4)19-11-15-8-7-10-20(13-15)12-14(2)3/h14-15H,5-13H2,1-4H3,(H2,17,18,19). The van der Waals surface area contributed by atoms with Crippen LogP contribution in [0.1, 0.15) is 46.5 Å². The van der Waals surface area contributed by atoms with Gasteiger partial charge < -0.3 is 15.5 Å². The van der Waals surface area contributed by atoms with E-state index in [4.69, 9.17) is 0 Å². The minimum Gasteiger partial charge on any atom is -0.356 e. The van der Waals surface area contributed by atoms with E-state index in [9.17, 15) is 0 Å². The van der Waals surface area contributed by atoms with Crippen LogP contribution in [0.15, 0.2) is 4.99 Å². The molecule has 0 spiro atoms. The molecule has 0 aromatic heterocycles. The number of guanidine groups is 1. The molecule has 0 aromatic rings. The molecular formula is C16H34N4. The van der Waals surface area contributed by atoms with Gasteiger partial charge in [-0.05, 0) is 37.6 Å². The predicted molar refractivity (Wildman–Crippen MR) is 88.3 cm³/mol. The second kappa shape index (κ2) is 10.0. The maximum absolute atomic E-state index is 4.29. The minimum atomic E-state index is 0.757. The Morgan fingerprint density at radius 1 is 1.35 bits per heavy atom. The summed E-state index contributed by atoms with van der Waals surface area (Å²) in [5.41, 5.74) is 0. The molecule has 0 saturated carbocycles. The number of rotatable bonds is 7. The third kappa shape index (κ3) is 7.13. The van der Waals surface area contributed by atoms with Crippen LogP contribution in [0, 0.1) is 11.8 Å². The zero-order valence-electron chi connectivity index (χ0n) is 13.9. The first-order chi connectivity index (χ1) is 9.65. The molecule has 2 N–H and O–H groups in total. The smallest absolute Gasteiger partial charge is 0.190 e. The molecule has 1 unspecified atom stereocenters. The number of nitrogens with one attached hydrogen (secondary N) is 2. The molecule has 1 saturated heterocycles. The highest BCUT2D eigenvalue weighted by Gasteiger charge is 2.20. The molecule has 1 heterocycles. The molecular weight excluding hydrogens is 248 g/mol. The van der Waals surface area contributed by atoms with Crippen LogP contribution in [-0.4, -0.2) is 50.6 Å². The number of aliphatic imine (C=N–C) groups is 1. The van der Waals surface area contributed by atoms with Gasteiger partial charge in [0, 0.05) is 33.2 Å². The molecule has 0 aliphatic carbocycles. The lowest BCUT2D eigenvalue weighted by molar-refractivity contribution is 0.159. The van der Waals surface area contributed by atoms with Crippen LogP contribution in [0.25, 0.3) is 0 Å².